The molecule has 180 valence electrons. The Morgan fingerprint density at radius 2 is 1.74 bits per heavy atom. The van der Waals surface area contributed by atoms with Gasteiger partial charge in [-0.3, -0.25) is 9.78 Å². The molecule has 0 bridgehead atoms. The number of hydrogen-bond acceptors (Lipinski definition) is 5. The second-order valence-electron chi connectivity index (χ2n) is 7.38. The molecule has 1 unspecified atom stereocenters. The highest BCUT2D eigenvalue weighted by atomic mass is 32.2. The number of carbonyl (C=O) groups excluding carboxylic acids is 1. The highest BCUT2D eigenvalue weighted by Gasteiger charge is 2.28. The van der Waals surface area contributed by atoms with Crippen molar-refractivity contribution in [3.63, 3.8) is 0 Å². The first-order valence-corrected chi connectivity index (χ1v) is 11.6. The zero-order valence-electron chi connectivity index (χ0n) is 18.0. The van der Waals surface area contributed by atoms with Crippen molar-refractivity contribution in [2.45, 2.75) is 30.6 Å². The van der Waals surface area contributed by atoms with Crippen molar-refractivity contribution >= 4 is 15.9 Å². The third kappa shape index (κ3) is 7.29. The van der Waals surface area contributed by atoms with Gasteiger partial charge in [-0.2, -0.15) is 13.2 Å². The molecule has 1 amide bonds. The summed E-state index contributed by atoms with van der Waals surface area (Å²) < 4.78 is 70.3. The lowest BCUT2D eigenvalue weighted by molar-refractivity contribution is -0.123. The minimum absolute atomic E-state index is 0.0851. The molecule has 2 aromatic carbocycles. The number of sulfonamides is 1. The summed E-state index contributed by atoms with van der Waals surface area (Å²) in [7, 11) is -3.94. The van der Waals surface area contributed by atoms with Crippen molar-refractivity contribution in [2.75, 3.05) is 6.54 Å². The monoisotopic (exact) mass is 493 g/mol. The van der Waals surface area contributed by atoms with Crippen LogP contribution >= 0.6 is 0 Å². The summed E-state index contributed by atoms with van der Waals surface area (Å²) in [5.41, 5.74) is 1.52. The molecule has 1 aromatic heterocycles. The predicted octanol–water partition coefficient (Wildman–Crippen LogP) is 3.99. The van der Waals surface area contributed by atoms with Crippen molar-refractivity contribution in [1.29, 1.82) is 0 Å². The van der Waals surface area contributed by atoms with Gasteiger partial charge < -0.3 is 10.1 Å². The molecule has 11 heteroatoms. The molecule has 1 atom stereocenters. The van der Waals surface area contributed by atoms with Gasteiger partial charge in [-0.1, -0.05) is 18.2 Å². The van der Waals surface area contributed by atoms with Gasteiger partial charge in [-0.25, -0.2) is 13.1 Å². The maximum atomic E-state index is 12.7. The van der Waals surface area contributed by atoms with E-state index in [1.165, 1.54) is 0 Å². The number of benzene rings is 2. The molecule has 0 fully saturated rings. The van der Waals surface area contributed by atoms with E-state index in [-0.39, 0.29) is 10.5 Å². The van der Waals surface area contributed by atoms with E-state index < -0.39 is 34.7 Å². The van der Waals surface area contributed by atoms with Crippen molar-refractivity contribution < 1.29 is 31.1 Å². The van der Waals surface area contributed by atoms with Crippen LogP contribution in [0.1, 0.15) is 34.5 Å². The molecule has 7 nitrogen and oxygen atoms in total. The van der Waals surface area contributed by atoms with Crippen molar-refractivity contribution in [2.24, 2.45) is 0 Å². The van der Waals surface area contributed by atoms with Crippen LogP contribution in [0.15, 0.2) is 78.0 Å². The predicted molar refractivity (Wildman–Crippen MR) is 119 cm³/mol. The van der Waals surface area contributed by atoms with Crippen LogP contribution in [-0.2, 0) is 16.6 Å². The third-order valence-corrected chi connectivity index (χ3v) is 6.27. The lowest BCUT2D eigenvalue weighted by atomic mass is 10.1. The molecule has 0 spiro atoms. The number of pyridine rings is 1. The molecule has 34 heavy (non-hydrogen) atoms. The van der Waals surface area contributed by atoms with Crippen molar-refractivity contribution in [3.05, 3.63) is 89.7 Å². The maximum absolute atomic E-state index is 12.7. The van der Waals surface area contributed by atoms with Gasteiger partial charge in [-0.05, 0) is 55.0 Å². The molecule has 1 heterocycles. The van der Waals surface area contributed by atoms with Gasteiger partial charge in [0, 0.05) is 29.6 Å². The molecule has 0 saturated heterocycles. The van der Waals surface area contributed by atoms with E-state index in [1.807, 2.05) is 12.1 Å². The first-order chi connectivity index (χ1) is 16.0. The molecule has 0 radical (unpaired) electrons. The minimum Gasteiger partial charge on any atom is -0.489 e. The second-order valence-corrected chi connectivity index (χ2v) is 9.10. The number of ether oxygens (including phenoxy) is 1. The van der Waals surface area contributed by atoms with Crippen molar-refractivity contribution in [1.82, 2.24) is 15.0 Å². The number of aromatic nitrogens is 1. The molecular formula is C23H22F3N3O4S. The molecule has 0 aliphatic heterocycles. The standard InChI is InChI=1S/C23H22F3N3O4S/c1-16(18-4-8-20(9-5-18)33-14-17-3-2-12-27-13-17)29-34(31,32)21-10-6-19(7-11-21)22(30)28-15-23(24,25)26/h2-13,16,29H,14-15H2,1H3,(H,28,30). The fraction of sp³-hybridized carbons (Fsp3) is 0.217. The average molecular weight is 494 g/mol. The van der Waals surface area contributed by atoms with E-state index in [9.17, 15) is 26.4 Å². The van der Waals surface area contributed by atoms with Gasteiger partial charge in [-0.15, -0.1) is 0 Å². The molecular weight excluding hydrogens is 471 g/mol. The molecule has 3 rings (SSSR count). The Labute approximate surface area is 195 Å². The summed E-state index contributed by atoms with van der Waals surface area (Å²) in [4.78, 5) is 15.7. The lowest BCUT2D eigenvalue weighted by Gasteiger charge is -2.16. The molecule has 0 aliphatic rings. The Balaban J connectivity index is 1.59. The Bertz CT molecular complexity index is 1200. The van der Waals surface area contributed by atoms with Crippen LogP contribution in [0.4, 0.5) is 13.2 Å². The molecule has 2 N–H and O–H groups in total. The quantitative estimate of drug-likeness (QED) is 0.470. The molecule has 0 aliphatic carbocycles. The Kier molecular flexibility index (Phi) is 7.90. The van der Waals surface area contributed by atoms with Crippen molar-refractivity contribution in [3.8, 4) is 5.75 Å². The van der Waals surface area contributed by atoms with Gasteiger partial charge in [0.05, 0.1) is 4.90 Å². The largest absolute Gasteiger partial charge is 0.489 e. The minimum atomic E-state index is -4.54. The van der Waals surface area contributed by atoms with Crippen LogP contribution in [-0.4, -0.2) is 32.0 Å². The van der Waals surface area contributed by atoms with Crippen LogP contribution in [0.3, 0.4) is 0 Å². The summed E-state index contributed by atoms with van der Waals surface area (Å²) in [6.07, 6.45) is -1.17. The van der Waals surface area contributed by atoms with E-state index >= 15 is 0 Å². The molecule has 3 aromatic rings. The lowest BCUT2D eigenvalue weighted by Crippen LogP contribution is -2.33. The summed E-state index contributed by atoms with van der Waals surface area (Å²) in [5, 5.41) is 1.73. The van der Waals surface area contributed by atoms with E-state index in [0.29, 0.717) is 17.9 Å². The summed E-state index contributed by atoms with van der Waals surface area (Å²) >= 11 is 0. The maximum Gasteiger partial charge on any atom is 0.405 e. The van der Waals surface area contributed by atoms with Crippen LogP contribution in [0.25, 0.3) is 0 Å². The van der Waals surface area contributed by atoms with E-state index in [0.717, 1.165) is 29.8 Å². The molecule has 0 saturated carbocycles. The average Bonchev–Trinajstić information content (AvgIpc) is 2.81. The Morgan fingerprint density at radius 1 is 1.06 bits per heavy atom. The van der Waals surface area contributed by atoms with Gasteiger partial charge >= 0.3 is 6.18 Å². The smallest absolute Gasteiger partial charge is 0.405 e. The zero-order chi connectivity index (χ0) is 24.8. The highest BCUT2D eigenvalue weighted by Crippen LogP contribution is 2.21. The Morgan fingerprint density at radius 3 is 2.32 bits per heavy atom. The first kappa shape index (κ1) is 25.2. The summed E-state index contributed by atoms with van der Waals surface area (Å²) in [6, 6.07) is 14.7. The summed E-state index contributed by atoms with van der Waals surface area (Å²) in [6.45, 7) is 0.542. The Hall–Kier alpha value is -3.44. The van der Waals surface area contributed by atoms with E-state index in [2.05, 4.69) is 9.71 Å². The number of hydrogen-bond donors (Lipinski definition) is 2. The number of nitrogens with one attached hydrogen (secondary N) is 2. The second kappa shape index (κ2) is 10.7. The van der Waals surface area contributed by atoms with E-state index in [1.54, 1.807) is 48.9 Å². The highest BCUT2D eigenvalue weighted by molar-refractivity contribution is 7.89. The fourth-order valence-corrected chi connectivity index (χ4v) is 4.17. The summed E-state index contributed by atoms with van der Waals surface area (Å²) in [5.74, 6) is -0.338. The number of amides is 1. The van der Waals surface area contributed by atoms with Crippen LogP contribution < -0.4 is 14.8 Å². The van der Waals surface area contributed by atoms with E-state index in [4.69, 9.17) is 4.74 Å². The van der Waals surface area contributed by atoms with Crippen LogP contribution in [0, 0.1) is 0 Å². The fourth-order valence-electron chi connectivity index (χ4n) is 2.94. The van der Waals surface area contributed by atoms with Gasteiger partial charge in [0.1, 0.15) is 18.9 Å². The topological polar surface area (TPSA) is 97.4 Å². The number of carbonyl (C=O) groups is 1. The SMILES string of the molecule is CC(NS(=O)(=O)c1ccc(C(=O)NCC(F)(F)F)cc1)c1ccc(OCc2cccnc2)cc1. The first-order valence-electron chi connectivity index (χ1n) is 10.1. The van der Waals surface area contributed by atoms with Gasteiger partial charge in [0.25, 0.3) is 5.91 Å². The number of alkyl halides is 3. The number of rotatable bonds is 9. The van der Waals surface area contributed by atoms with Crippen LogP contribution in [0.5, 0.6) is 5.75 Å². The normalized spacial score (nSPS) is 12.7. The number of nitrogens with zero attached hydrogens (tertiary/aromatic N) is 1. The van der Waals surface area contributed by atoms with Gasteiger partial charge in [0.2, 0.25) is 10.0 Å². The third-order valence-electron chi connectivity index (χ3n) is 4.72. The zero-order valence-corrected chi connectivity index (χ0v) is 18.9. The number of halogens is 3. The van der Waals surface area contributed by atoms with Gasteiger partial charge in [0.15, 0.2) is 0 Å². The van der Waals surface area contributed by atoms with Crippen LogP contribution in [0.2, 0.25) is 0 Å².